The first-order valence-corrected chi connectivity index (χ1v) is 4.23. The summed E-state index contributed by atoms with van der Waals surface area (Å²) in [6.07, 6.45) is 2.88. The molecule has 0 saturated heterocycles. The highest BCUT2D eigenvalue weighted by Gasteiger charge is 2.02. The first-order chi connectivity index (χ1) is 7.16. The van der Waals surface area contributed by atoms with Crippen LogP contribution in [0.15, 0.2) is 29.5 Å². The maximum atomic E-state index is 11.0. The number of nitrogens with two attached hydrogens (primary N) is 2. The Morgan fingerprint density at radius 3 is 2.67 bits per heavy atom. The summed E-state index contributed by atoms with van der Waals surface area (Å²) in [5, 5.41) is 0. The third kappa shape index (κ3) is 1.78. The van der Waals surface area contributed by atoms with Crippen molar-refractivity contribution in [3.8, 4) is 11.3 Å². The SMILES string of the molecule is Nc1cc(-c2c[nH]c(=O)c(N)c2)ncn1. The van der Waals surface area contributed by atoms with Crippen LogP contribution in [0.1, 0.15) is 0 Å². The minimum absolute atomic E-state index is 0.143. The van der Waals surface area contributed by atoms with Gasteiger partial charge in [-0.3, -0.25) is 4.79 Å². The van der Waals surface area contributed by atoms with Crippen LogP contribution in [-0.4, -0.2) is 15.0 Å². The standard InChI is InChI=1S/C9H9N5O/c10-6-1-5(3-12-9(6)15)7-2-8(11)14-4-13-7/h1-4H,10H2,(H,12,15)(H2,11,13,14). The molecule has 0 aliphatic carbocycles. The predicted molar refractivity (Wildman–Crippen MR) is 56.9 cm³/mol. The number of H-pyrrole nitrogens is 1. The van der Waals surface area contributed by atoms with Crippen LogP contribution in [0.25, 0.3) is 11.3 Å². The second kappa shape index (κ2) is 3.41. The molecule has 0 fully saturated rings. The Kier molecular flexibility index (Phi) is 2.09. The fraction of sp³-hybridized carbons (Fsp3) is 0. The predicted octanol–water partition coefficient (Wildman–Crippen LogP) is -0.00370. The van der Waals surface area contributed by atoms with Crippen molar-refractivity contribution < 1.29 is 0 Å². The van der Waals surface area contributed by atoms with Gasteiger partial charge < -0.3 is 16.5 Å². The minimum Gasteiger partial charge on any atom is -0.394 e. The number of aromatic nitrogens is 3. The van der Waals surface area contributed by atoms with Crippen LogP contribution < -0.4 is 17.0 Å². The number of nitrogen functional groups attached to an aromatic ring is 2. The highest BCUT2D eigenvalue weighted by atomic mass is 16.1. The molecule has 0 radical (unpaired) electrons. The molecule has 2 aromatic heterocycles. The van der Waals surface area contributed by atoms with Gasteiger partial charge in [0.05, 0.1) is 11.4 Å². The number of rotatable bonds is 1. The second-order valence-electron chi connectivity index (χ2n) is 3.00. The van der Waals surface area contributed by atoms with Crippen LogP contribution in [0.2, 0.25) is 0 Å². The van der Waals surface area contributed by atoms with Gasteiger partial charge in [0.1, 0.15) is 12.1 Å². The van der Waals surface area contributed by atoms with Gasteiger partial charge in [-0.25, -0.2) is 9.97 Å². The van der Waals surface area contributed by atoms with E-state index in [1.54, 1.807) is 12.1 Å². The lowest BCUT2D eigenvalue weighted by molar-refractivity contribution is 1.17. The summed E-state index contributed by atoms with van der Waals surface area (Å²) in [5.41, 5.74) is 12.1. The summed E-state index contributed by atoms with van der Waals surface area (Å²) in [5.74, 6) is 0.366. The average Bonchev–Trinajstić information content (AvgIpc) is 2.22. The number of anilines is 2. The highest BCUT2D eigenvalue weighted by Crippen LogP contribution is 2.16. The zero-order valence-corrected chi connectivity index (χ0v) is 7.77. The van der Waals surface area contributed by atoms with Crippen molar-refractivity contribution in [2.24, 2.45) is 0 Å². The van der Waals surface area contributed by atoms with Gasteiger partial charge in [-0.05, 0) is 6.07 Å². The van der Waals surface area contributed by atoms with E-state index in [0.29, 0.717) is 17.1 Å². The summed E-state index contributed by atoms with van der Waals surface area (Å²) in [7, 11) is 0. The topological polar surface area (TPSA) is 111 Å². The fourth-order valence-electron chi connectivity index (χ4n) is 1.18. The lowest BCUT2D eigenvalue weighted by atomic mass is 10.2. The molecule has 15 heavy (non-hydrogen) atoms. The van der Waals surface area contributed by atoms with Crippen LogP contribution >= 0.6 is 0 Å². The second-order valence-corrected chi connectivity index (χ2v) is 3.00. The van der Waals surface area contributed by atoms with E-state index >= 15 is 0 Å². The molecule has 2 heterocycles. The normalized spacial score (nSPS) is 10.1. The van der Waals surface area contributed by atoms with E-state index in [2.05, 4.69) is 15.0 Å². The first kappa shape index (κ1) is 9.20. The maximum absolute atomic E-state index is 11.0. The molecular formula is C9H9N5O. The Labute approximate surface area is 85.0 Å². The van der Waals surface area contributed by atoms with Crippen molar-refractivity contribution in [2.45, 2.75) is 0 Å². The number of aromatic amines is 1. The molecule has 0 aromatic carbocycles. The molecule has 2 rings (SSSR count). The molecule has 0 atom stereocenters. The number of nitrogens with one attached hydrogen (secondary N) is 1. The molecule has 0 unspecified atom stereocenters. The summed E-state index contributed by atoms with van der Waals surface area (Å²) in [6, 6.07) is 3.15. The summed E-state index contributed by atoms with van der Waals surface area (Å²) in [6.45, 7) is 0. The van der Waals surface area contributed by atoms with Crippen molar-refractivity contribution in [2.75, 3.05) is 11.5 Å². The molecule has 0 bridgehead atoms. The van der Waals surface area contributed by atoms with E-state index < -0.39 is 0 Å². The van der Waals surface area contributed by atoms with Gasteiger partial charge in [-0.1, -0.05) is 0 Å². The largest absolute Gasteiger partial charge is 0.394 e. The average molecular weight is 203 g/mol. The van der Waals surface area contributed by atoms with E-state index in [4.69, 9.17) is 11.5 Å². The van der Waals surface area contributed by atoms with Crippen molar-refractivity contribution in [3.63, 3.8) is 0 Å². The van der Waals surface area contributed by atoms with E-state index in [9.17, 15) is 4.79 Å². The van der Waals surface area contributed by atoms with Crippen molar-refractivity contribution in [3.05, 3.63) is 35.0 Å². The molecule has 0 aliphatic heterocycles. The number of hydrogen-bond donors (Lipinski definition) is 3. The minimum atomic E-state index is -0.319. The van der Waals surface area contributed by atoms with Gasteiger partial charge in [0.2, 0.25) is 0 Å². The van der Waals surface area contributed by atoms with E-state index in [1.165, 1.54) is 12.5 Å². The van der Waals surface area contributed by atoms with Gasteiger partial charge in [-0.15, -0.1) is 0 Å². The Bertz CT molecular complexity index is 548. The van der Waals surface area contributed by atoms with Gasteiger partial charge in [-0.2, -0.15) is 0 Å². The molecule has 5 N–H and O–H groups in total. The zero-order chi connectivity index (χ0) is 10.8. The highest BCUT2D eigenvalue weighted by molar-refractivity contribution is 5.63. The molecule has 0 amide bonds. The molecule has 0 saturated carbocycles. The van der Waals surface area contributed by atoms with Crippen LogP contribution in [0.5, 0.6) is 0 Å². The van der Waals surface area contributed by atoms with Crippen LogP contribution in [0, 0.1) is 0 Å². The van der Waals surface area contributed by atoms with E-state index in [1.807, 2.05) is 0 Å². The Morgan fingerprint density at radius 2 is 2.00 bits per heavy atom. The van der Waals surface area contributed by atoms with Crippen LogP contribution in [0.4, 0.5) is 11.5 Å². The summed E-state index contributed by atoms with van der Waals surface area (Å²) < 4.78 is 0. The molecular weight excluding hydrogens is 194 g/mol. The van der Waals surface area contributed by atoms with E-state index in [-0.39, 0.29) is 11.2 Å². The van der Waals surface area contributed by atoms with Gasteiger partial charge >= 0.3 is 0 Å². The molecule has 6 nitrogen and oxygen atoms in total. The third-order valence-electron chi connectivity index (χ3n) is 1.92. The van der Waals surface area contributed by atoms with Gasteiger partial charge in [0, 0.05) is 17.8 Å². The molecule has 0 aliphatic rings. The van der Waals surface area contributed by atoms with Crippen molar-refractivity contribution in [1.82, 2.24) is 15.0 Å². The number of pyridine rings is 1. The lowest BCUT2D eigenvalue weighted by Crippen LogP contribution is -2.10. The summed E-state index contributed by atoms with van der Waals surface area (Å²) in [4.78, 5) is 21.3. The fourth-order valence-corrected chi connectivity index (χ4v) is 1.18. The third-order valence-corrected chi connectivity index (χ3v) is 1.92. The molecule has 2 aromatic rings. The number of hydrogen-bond acceptors (Lipinski definition) is 5. The Morgan fingerprint density at radius 1 is 1.20 bits per heavy atom. The van der Waals surface area contributed by atoms with Crippen molar-refractivity contribution >= 4 is 11.5 Å². The van der Waals surface area contributed by atoms with Gasteiger partial charge in [0.25, 0.3) is 5.56 Å². The van der Waals surface area contributed by atoms with Crippen LogP contribution in [-0.2, 0) is 0 Å². The summed E-state index contributed by atoms with van der Waals surface area (Å²) >= 11 is 0. The quantitative estimate of drug-likeness (QED) is 0.604. The van der Waals surface area contributed by atoms with E-state index in [0.717, 1.165) is 0 Å². The molecule has 0 spiro atoms. The molecule has 6 heteroatoms. The Hall–Kier alpha value is -2.37. The maximum Gasteiger partial charge on any atom is 0.271 e. The van der Waals surface area contributed by atoms with Gasteiger partial charge in [0.15, 0.2) is 0 Å². The van der Waals surface area contributed by atoms with Crippen molar-refractivity contribution in [1.29, 1.82) is 0 Å². The zero-order valence-electron chi connectivity index (χ0n) is 7.77. The lowest BCUT2D eigenvalue weighted by Gasteiger charge is -2.01. The van der Waals surface area contributed by atoms with Crippen LogP contribution in [0.3, 0.4) is 0 Å². The Balaban J connectivity index is 2.55. The monoisotopic (exact) mass is 203 g/mol. The number of nitrogens with zero attached hydrogens (tertiary/aromatic N) is 2. The smallest absolute Gasteiger partial charge is 0.271 e. The first-order valence-electron chi connectivity index (χ1n) is 4.23. The molecule has 76 valence electrons.